The van der Waals surface area contributed by atoms with Crippen LogP contribution in [0.5, 0.6) is 0 Å². The molecule has 0 aliphatic heterocycles. The molecule has 1 rings (SSSR count). The summed E-state index contributed by atoms with van der Waals surface area (Å²) in [5.74, 6) is -1.44. The molecule has 0 bridgehead atoms. The summed E-state index contributed by atoms with van der Waals surface area (Å²) in [6.45, 7) is 7.07. The molecule has 0 saturated heterocycles. The number of ether oxygens (including phenoxy) is 1. The summed E-state index contributed by atoms with van der Waals surface area (Å²) in [6.07, 6.45) is 0. The second-order valence-electron chi connectivity index (χ2n) is 5.24. The molecule has 0 aromatic heterocycles. The number of aromatic carboxylic acids is 1. The number of rotatable bonds is 8. The standard InChI is InChI=1S/C15H22FNO3/c1-11(2)9-17(6-7-20-3)10-12-4-5-13(15(18)19)14(16)8-12/h4-5,8,11H,6-7,9-10H2,1-3H3,(H,18,19). The molecule has 0 spiro atoms. The zero-order valence-corrected chi connectivity index (χ0v) is 12.2. The van der Waals surface area contributed by atoms with E-state index < -0.39 is 11.8 Å². The van der Waals surface area contributed by atoms with Crippen molar-refractivity contribution in [3.05, 3.63) is 35.1 Å². The number of methoxy groups -OCH3 is 1. The van der Waals surface area contributed by atoms with Gasteiger partial charge >= 0.3 is 5.97 Å². The summed E-state index contributed by atoms with van der Waals surface area (Å²) in [5, 5.41) is 8.81. The van der Waals surface area contributed by atoms with Crippen LogP contribution < -0.4 is 0 Å². The van der Waals surface area contributed by atoms with Gasteiger partial charge in [0.1, 0.15) is 5.82 Å². The fraction of sp³-hybridized carbons (Fsp3) is 0.533. The Morgan fingerprint density at radius 1 is 1.45 bits per heavy atom. The average Bonchev–Trinajstić information content (AvgIpc) is 2.35. The lowest BCUT2D eigenvalue weighted by atomic mass is 10.1. The zero-order valence-electron chi connectivity index (χ0n) is 12.2. The summed E-state index contributed by atoms with van der Waals surface area (Å²) in [5.41, 5.74) is 0.477. The van der Waals surface area contributed by atoms with Gasteiger partial charge in [0, 0.05) is 26.7 Å². The molecule has 1 N–H and O–H groups in total. The first-order chi connectivity index (χ1) is 9.43. The summed E-state index contributed by atoms with van der Waals surface area (Å²) in [4.78, 5) is 12.9. The number of carboxylic acid groups (broad SMARTS) is 1. The van der Waals surface area contributed by atoms with Gasteiger partial charge in [-0.1, -0.05) is 19.9 Å². The summed E-state index contributed by atoms with van der Waals surface area (Å²) in [7, 11) is 1.65. The van der Waals surface area contributed by atoms with E-state index >= 15 is 0 Å². The summed E-state index contributed by atoms with van der Waals surface area (Å²) in [6, 6.07) is 4.27. The van der Waals surface area contributed by atoms with Crippen LogP contribution in [0.1, 0.15) is 29.8 Å². The highest BCUT2D eigenvalue weighted by atomic mass is 19.1. The second-order valence-corrected chi connectivity index (χ2v) is 5.24. The average molecular weight is 283 g/mol. The van der Waals surface area contributed by atoms with E-state index in [2.05, 4.69) is 18.7 Å². The maximum atomic E-state index is 13.6. The number of hydrogen-bond acceptors (Lipinski definition) is 3. The Bertz CT molecular complexity index is 449. The van der Waals surface area contributed by atoms with Crippen LogP contribution >= 0.6 is 0 Å². The Balaban J connectivity index is 2.77. The van der Waals surface area contributed by atoms with Crippen molar-refractivity contribution in [2.75, 3.05) is 26.8 Å². The molecule has 0 heterocycles. The summed E-state index contributed by atoms with van der Waals surface area (Å²) < 4.78 is 18.7. The largest absolute Gasteiger partial charge is 0.478 e. The van der Waals surface area contributed by atoms with Crippen LogP contribution in [-0.4, -0.2) is 42.8 Å². The van der Waals surface area contributed by atoms with Crippen LogP contribution in [0.2, 0.25) is 0 Å². The van der Waals surface area contributed by atoms with Gasteiger partial charge in [-0.05, 0) is 23.6 Å². The second kappa shape index (κ2) is 7.97. The van der Waals surface area contributed by atoms with Gasteiger partial charge < -0.3 is 9.84 Å². The van der Waals surface area contributed by atoms with E-state index in [0.717, 1.165) is 18.7 Å². The van der Waals surface area contributed by atoms with Crippen molar-refractivity contribution in [3.8, 4) is 0 Å². The number of hydrogen-bond donors (Lipinski definition) is 1. The van der Waals surface area contributed by atoms with Crippen LogP contribution in [0, 0.1) is 11.7 Å². The molecule has 0 saturated carbocycles. The fourth-order valence-electron chi connectivity index (χ4n) is 2.06. The smallest absolute Gasteiger partial charge is 0.338 e. The number of halogens is 1. The highest BCUT2D eigenvalue weighted by Crippen LogP contribution is 2.13. The Labute approximate surface area is 119 Å². The van der Waals surface area contributed by atoms with E-state index in [-0.39, 0.29) is 5.56 Å². The molecule has 0 aliphatic rings. The minimum atomic E-state index is -1.24. The molecular weight excluding hydrogens is 261 g/mol. The molecule has 4 nitrogen and oxygen atoms in total. The Hall–Kier alpha value is -1.46. The van der Waals surface area contributed by atoms with E-state index in [1.165, 1.54) is 12.1 Å². The van der Waals surface area contributed by atoms with Gasteiger partial charge in [-0.2, -0.15) is 0 Å². The molecule has 0 amide bonds. The van der Waals surface area contributed by atoms with E-state index in [1.807, 2.05) is 0 Å². The quantitative estimate of drug-likeness (QED) is 0.797. The molecule has 1 aromatic carbocycles. The van der Waals surface area contributed by atoms with Crippen LogP contribution in [0.25, 0.3) is 0 Å². The predicted octanol–water partition coefficient (Wildman–Crippen LogP) is 2.63. The lowest BCUT2D eigenvalue weighted by Gasteiger charge is -2.24. The van der Waals surface area contributed by atoms with Crippen LogP contribution in [0.15, 0.2) is 18.2 Å². The van der Waals surface area contributed by atoms with Gasteiger partial charge in [-0.3, -0.25) is 4.90 Å². The minimum Gasteiger partial charge on any atom is -0.478 e. The van der Waals surface area contributed by atoms with Gasteiger partial charge in [0.15, 0.2) is 0 Å². The lowest BCUT2D eigenvalue weighted by Crippen LogP contribution is -2.30. The number of benzene rings is 1. The van der Waals surface area contributed by atoms with Gasteiger partial charge in [0.05, 0.1) is 12.2 Å². The fourth-order valence-corrected chi connectivity index (χ4v) is 2.06. The van der Waals surface area contributed by atoms with Gasteiger partial charge in [0.25, 0.3) is 0 Å². The minimum absolute atomic E-state index is 0.291. The molecule has 0 aliphatic carbocycles. The molecule has 0 unspecified atom stereocenters. The lowest BCUT2D eigenvalue weighted by molar-refractivity contribution is 0.0692. The van der Waals surface area contributed by atoms with Crippen LogP contribution in [0.3, 0.4) is 0 Å². The molecular formula is C15H22FNO3. The van der Waals surface area contributed by atoms with Crippen molar-refractivity contribution >= 4 is 5.97 Å². The third-order valence-electron chi connectivity index (χ3n) is 2.91. The third kappa shape index (κ3) is 5.27. The molecule has 5 heteroatoms. The van der Waals surface area contributed by atoms with Crippen molar-refractivity contribution < 1.29 is 19.0 Å². The maximum absolute atomic E-state index is 13.6. The van der Waals surface area contributed by atoms with E-state index in [0.29, 0.717) is 19.1 Å². The first-order valence-corrected chi connectivity index (χ1v) is 6.67. The monoisotopic (exact) mass is 283 g/mol. The SMILES string of the molecule is COCCN(Cc1ccc(C(=O)O)c(F)c1)CC(C)C. The van der Waals surface area contributed by atoms with Crippen molar-refractivity contribution in [3.63, 3.8) is 0 Å². The van der Waals surface area contributed by atoms with E-state index in [1.54, 1.807) is 13.2 Å². The highest BCUT2D eigenvalue weighted by molar-refractivity contribution is 5.87. The first kappa shape index (κ1) is 16.6. The van der Waals surface area contributed by atoms with Crippen molar-refractivity contribution in [1.82, 2.24) is 4.90 Å². The zero-order chi connectivity index (χ0) is 15.1. The van der Waals surface area contributed by atoms with E-state index in [4.69, 9.17) is 9.84 Å². The molecule has 0 radical (unpaired) electrons. The third-order valence-corrected chi connectivity index (χ3v) is 2.91. The normalized spacial score (nSPS) is 11.3. The highest BCUT2D eigenvalue weighted by Gasteiger charge is 2.13. The molecule has 0 fully saturated rings. The Morgan fingerprint density at radius 3 is 2.65 bits per heavy atom. The topological polar surface area (TPSA) is 49.8 Å². The number of nitrogens with zero attached hydrogens (tertiary/aromatic N) is 1. The first-order valence-electron chi connectivity index (χ1n) is 6.67. The van der Waals surface area contributed by atoms with Crippen LogP contribution in [0.4, 0.5) is 4.39 Å². The van der Waals surface area contributed by atoms with E-state index in [9.17, 15) is 9.18 Å². The Morgan fingerprint density at radius 2 is 2.15 bits per heavy atom. The van der Waals surface area contributed by atoms with Gasteiger partial charge in [0.2, 0.25) is 0 Å². The van der Waals surface area contributed by atoms with Crippen LogP contribution in [-0.2, 0) is 11.3 Å². The Kier molecular flexibility index (Phi) is 6.61. The van der Waals surface area contributed by atoms with Crippen molar-refractivity contribution in [2.24, 2.45) is 5.92 Å². The molecule has 1 aromatic rings. The van der Waals surface area contributed by atoms with Gasteiger partial charge in [-0.15, -0.1) is 0 Å². The predicted molar refractivity (Wildman–Crippen MR) is 75.4 cm³/mol. The number of carbonyl (C=O) groups is 1. The van der Waals surface area contributed by atoms with Crippen molar-refractivity contribution in [1.29, 1.82) is 0 Å². The van der Waals surface area contributed by atoms with Gasteiger partial charge in [-0.25, -0.2) is 9.18 Å². The molecule has 112 valence electrons. The maximum Gasteiger partial charge on any atom is 0.338 e. The molecule has 0 atom stereocenters. The summed E-state index contributed by atoms with van der Waals surface area (Å²) >= 11 is 0. The van der Waals surface area contributed by atoms with Crippen molar-refractivity contribution in [2.45, 2.75) is 20.4 Å². The molecule has 20 heavy (non-hydrogen) atoms. The number of carboxylic acids is 1.